The first-order valence-corrected chi connectivity index (χ1v) is 12.3. The number of carbonyl (C=O) groups is 2. The van der Waals surface area contributed by atoms with Gasteiger partial charge in [0.25, 0.3) is 5.56 Å². The largest absolute Gasteiger partial charge is 0.335 e. The first-order chi connectivity index (χ1) is 15.1. The Kier molecular flexibility index (Phi) is 7.27. The van der Waals surface area contributed by atoms with Gasteiger partial charge in [-0.25, -0.2) is 9.78 Å². The van der Waals surface area contributed by atoms with Gasteiger partial charge in [0.15, 0.2) is 5.16 Å². The average Bonchev–Trinajstić information content (AvgIpc) is 2.79. The van der Waals surface area contributed by atoms with E-state index in [9.17, 15) is 14.4 Å². The van der Waals surface area contributed by atoms with Gasteiger partial charge in [0.05, 0.1) is 16.7 Å². The number of benzene rings is 1. The lowest BCUT2D eigenvalue weighted by atomic mass is 9.95. The molecule has 8 heteroatoms. The number of carbonyl (C=O) groups excluding carboxylic acids is 2. The molecule has 166 valence electrons. The molecule has 1 heterocycles. The molecule has 0 saturated heterocycles. The van der Waals surface area contributed by atoms with Crippen molar-refractivity contribution in [2.24, 2.45) is 0 Å². The van der Waals surface area contributed by atoms with Crippen molar-refractivity contribution in [2.45, 2.75) is 81.4 Å². The summed E-state index contributed by atoms with van der Waals surface area (Å²) in [4.78, 5) is 42.5. The highest BCUT2D eigenvalue weighted by molar-refractivity contribution is 7.99. The number of hydrogen-bond donors (Lipinski definition) is 2. The fourth-order valence-corrected chi connectivity index (χ4v) is 5.52. The van der Waals surface area contributed by atoms with Crippen molar-refractivity contribution in [3.8, 4) is 0 Å². The van der Waals surface area contributed by atoms with Crippen LogP contribution in [0.2, 0.25) is 0 Å². The number of fused-ring (bicyclic) bond motifs is 1. The van der Waals surface area contributed by atoms with E-state index >= 15 is 0 Å². The highest BCUT2D eigenvalue weighted by Crippen LogP contribution is 2.31. The molecule has 0 bridgehead atoms. The molecule has 0 aliphatic heterocycles. The van der Waals surface area contributed by atoms with Gasteiger partial charge in [-0.1, -0.05) is 62.4 Å². The highest BCUT2D eigenvalue weighted by Gasteiger charge is 2.23. The van der Waals surface area contributed by atoms with Crippen LogP contribution in [-0.4, -0.2) is 33.3 Å². The minimum Gasteiger partial charge on any atom is -0.335 e. The van der Waals surface area contributed by atoms with Gasteiger partial charge < -0.3 is 5.32 Å². The van der Waals surface area contributed by atoms with E-state index in [2.05, 4.69) is 10.6 Å². The predicted molar refractivity (Wildman–Crippen MR) is 122 cm³/mol. The monoisotopic (exact) mass is 442 g/mol. The number of urea groups is 1. The Morgan fingerprint density at radius 3 is 2.42 bits per heavy atom. The minimum absolute atomic E-state index is 0.0373. The lowest BCUT2D eigenvalue weighted by molar-refractivity contribution is -0.117. The number of para-hydroxylation sites is 1. The average molecular weight is 443 g/mol. The van der Waals surface area contributed by atoms with Crippen molar-refractivity contribution >= 4 is 34.6 Å². The van der Waals surface area contributed by atoms with E-state index in [1.807, 2.05) is 18.2 Å². The van der Waals surface area contributed by atoms with Gasteiger partial charge in [0, 0.05) is 12.1 Å². The molecule has 3 amide bonds. The van der Waals surface area contributed by atoms with Crippen molar-refractivity contribution in [3.05, 3.63) is 34.6 Å². The first kappa shape index (κ1) is 21.9. The number of aromatic nitrogens is 2. The Hall–Kier alpha value is -2.35. The van der Waals surface area contributed by atoms with E-state index in [-0.39, 0.29) is 29.3 Å². The molecule has 2 aromatic rings. The van der Waals surface area contributed by atoms with Gasteiger partial charge in [0.1, 0.15) is 0 Å². The molecule has 0 unspecified atom stereocenters. The van der Waals surface area contributed by atoms with Crippen molar-refractivity contribution < 1.29 is 9.59 Å². The molecule has 7 nitrogen and oxygen atoms in total. The molecule has 2 fully saturated rings. The second-order valence-corrected chi connectivity index (χ2v) is 9.47. The maximum atomic E-state index is 13.2. The van der Waals surface area contributed by atoms with Gasteiger partial charge in [-0.3, -0.25) is 19.5 Å². The third-order valence-electron chi connectivity index (χ3n) is 6.24. The first-order valence-electron chi connectivity index (χ1n) is 11.4. The predicted octanol–water partition coefficient (Wildman–Crippen LogP) is 4.15. The van der Waals surface area contributed by atoms with Crippen molar-refractivity contribution in [1.82, 2.24) is 20.2 Å². The quantitative estimate of drug-likeness (QED) is 0.536. The van der Waals surface area contributed by atoms with Crippen molar-refractivity contribution in [3.63, 3.8) is 0 Å². The van der Waals surface area contributed by atoms with E-state index in [0.29, 0.717) is 16.1 Å². The summed E-state index contributed by atoms with van der Waals surface area (Å²) >= 11 is 1.23. The molecule has 0 atom stereocenters. The smallest absolute Gasteiger partial charge is 0.321 e. The Morgan fingerprint density at radius 1 is 1.00 bits per heavy atom. The molecule has 1 aromatic heterocycles. The molecular formula is C23H30N4O3S. The summed E-state index contributed by atoms with van der Waals surface area (Å²) in [6.07, 6.45) is 10.6. The fraction of sp³-hybridized carbons (Fsp3) is 0.565. The van der Waals surface area contributed by atoms with Gasteiger partial charge in [-0.05, 0) is 37.8 Å². The zero-order valence-electron chi connectivity index (χ0n) is 17.8. The van der Waals surface area contributed by atoms with E-state index in [1.54, 1.807) is 10.6 Å². The number of thioether (sulfide) groups is 1. The zero-order chi connectivity index (χ0) is 21.6. The van der Waals surface area contributed by atoms with Crippen LogP contribution in [0.25, 0.3) is 10.9 Å². The van der Waals surface area contributed by atoms with Crippen LogP contribution in [0.4, 0.5) is 4.79 Å². The lowest BCUT2D eigenvalue weighted by Crippen LogP contribution is -2.45. The molecule has 2 aliphatic carbocycles. The van der Waals surface area contributed by atoms with Crippen LogP contribution in [0, 0.1) is 0 Å². The number of nitrogens with zero attached hydrogens (tertiary/aromatic N) is 2. The second-order valence-electron chi connectivity index (χ2n) is 8.52. The molecule has 2 aliphatic rings. The lowest BCUT2D eigenvalue weighted by Gasteiger charge is -2.26. The number of imide groups is 1. The van der Waals surface area contributed by atoms with Gasteiger partial charge >= 0.3 is 6.03 Å². The van der Waals surface area contributed by atoms with Gasteiger partial charge in [0.2, 0.25) is 5.91 Å². The number of rotatable bonds is 5. The molecule has 4 rings (SSSR count). The number of nitrogens with one attached hydrogen (secondary N) is 2. The molecule has 2 saturated carbocycles. The Labute approximate surface area is 186 Å². The molecule has 0 spiro atoms. The van der Waals surface area contributed by atoms with Crippen LogP contribution in [0.1, 0.15) is 70.3 Å². The van der Waals surface area contributed by atoms with Crippen LogP contribution in [0.5, 0.6) is 0 Å². The van der Waals surface area contributed by atoms with E-state index in [1.165, 1.54) is 24.6 Å². The Morgan fingerprint density at radius 2 is 1.68 bits per heavy atom. The molecule has 31 heavy (non-hydrogen) atoms. The maximum Gasteiger partial charge on any atom is 0.321 e. The molecule has 2 N–H and O–H groups in total. The number of amides is 3. The normalized spacial score (nSPS) is 18.1. The molecule has 0 radical (unpaired) electrons. The summed E-state index contributed by atoms with van der Waals surface area (Å²) in [5.74, 6) is -0.341. The van der Waals surface area contributed by atoms with Crippen LogP contribution in [0.3, 0.4) is 0 Å². The van der Waals surface area contributed by atoms with Crippen molar-refractivity contribution in [1.29, 1.82) is 0 Å². The zero-order valence-corrected chi connectivity index (χ0v) is 18.6. The second kappa shape index (κ2) is 10.3. The van der Waals surface area contributed by atoms with Gasteiger partial charge in [-0.2, -0.15) is 0 Å². The summed E-state index contributed by atoms with van der Waals surface area (Å²) in [6, 6.07) is 7.16. The van der Waals surface area contributed by atoms with E-state index < -0.39 is 6.03 Å². The van der Waals surface area contributed by atoms with E-state index in [4.69, 9.17) is 4.98 Å². The third-order valence-corrected chi connectivity index (χ3v) is 7.19. The van der Waals surface area contributed by atoms with Crippen LogP contribution in [0.15, 0.2) is 34.2 Å². The highest BCUT2D eigenvalue weighted by atomic mass is 32.2. The maximum absolute atomic E-state index is 13.2. The van der Waals surface area contributed by atoms with E-state index in [0.717, 1.165) is 51.4 Å². The standard InChI is InChI=1S/C23H30N4O3S/c28-20(26-22(30)24-16-9-3-1-4-10-16)15-31-23-25-19-14-8-7-13-18(19)21(29)27(23)17-11-5-2-6-12-17/h7-8,13-14,16-17H,1-6,9-12,15H2,(H2,24,26,28,30). The number of hydrogen-bond acceptors (Lipinski definition) is 5. The topological polar surface area (TPSA) is 93.1 Å². The van der Waals surface area contributed by atoms with Gasteiger partial charge in [-0.15, -0.1) is 0 Å². The van der Waals surface area contributed by atoms with Crippen LogP contribution < -0.4 is 16.2 Å². The Bertz CT molecular complexity index is 994. The summed E-state index contributed by atoms with van der Waals surface area (Å²) in [5, 5.41) is 6.48. The summed E-state index contributed by atoms with van der Waals surface area (Å²) in [5.41, 5.74) is 0.591. The fourth-order valence-electron chi connectivity index (χ4n) is 4.65. The SMILES string of the molecule is O=C(CSc1nc2ccccc2c(=O)n1C1CCCCC1)NC(=O)NC1CCCCC1. The molecular weight excluding hydrogens is 412 g/mol. The molecule has 1 aromatic carbocycles. The third kappa shape index (κ3) is 5.47. The van der Waals surface area contributed by atoms with Crippen molar-refractivity contribution in [2.75, 3.05) is 5.75 Å². The summed E-state index contributed by atoms with van der Waals surface area (Å²) < 4.78 is 1.78. The Balaban J connectivity index is 1.46. The van der Waals surface area contributed by atoms with Crippen LogP contribution >= 0.6 is 11.8 Å². The minimum atomic E-state index is -0.436. The van der Waals surface area contributed by atoms with Crippen LogP contribution in [-0.2, 0) is 4.79 Å². The summed E-state index contributed by atoms with van der Waals surface area (Å²) in [6.45, 7) is 0. The summed E-state index contributed by atoms with van der Waals surface area (Å²) in [7, 11) is 0.